The van der Waals surface area contributed by atoms with Crippen molar-refractivity contribution >= 4 is 29.1 Å². The summed E-state index contributed by atoms with van der Waals surface area (Å²) in [5.74, 6) is -1.16. The van der Waals surface area contributed by atoms with Gasteiger partial charge in [0, 0.05) is 6.42 Å². The Labute approximate surface area is 108 Å². The summed E-state index contributed by atoms with van der Waals surface area (Å²) >= 11 is 5.53. The molecule has 5 nitrogen and oxygen atoms in total. The zero-order valence-electron chi connectivity index (χ0n) is 9.37. The average Bonchev–Trinajstić information content (AvgIpc) is 2.34. The number of imide groups is 1. The van der Waals surface area contributed by atoms with Crippen molar-refractivity contribution in [1.82, 2.24) is 10.3 Å². The van der Waals surface area contributed by atoms with Crippen molar-refractivity contribution in [1.29, 1.82) is 0 Å². The van der Waals surface area contributed by atoms with E-state index in [0.717, 1.165) is 0 Å². The maximum absolute atomic E-state index is 13.6. The number of pyridine rings is 1. The van der Waals surface area contributed by atoms with Crippen molar-refractivity contribution in [2.75, 3.05) is 5.32 Å². The molecule has 2 heterocycles. The van der Waals surface area contributed by atoms with Crippen molar-refractivity contribution in [3.63, 3.8) is 0 Å². The van der Waals surface area contributed by atoms with E-state index in [2.05, 4.69) is 15.6 Å². The first kappa shape index (κ1) is 12.8. The van der Waals surface area contributed by atoms with E-state index in [0.29, 0.717) is 12.1 Å². The first-order valence-electron chi connectivity index (χ1n) is 5.41. The number of piperidine rings is 1. The molecule has 1 aromatic heterocycles. The summed E-state index contributed by atoms with van der Waals surface area (Å²) in [7, 11) is 0. The third-order valence-corrected chi connectivity index (χ3v) is 2.89. The number of anilines is 1. The van der Waals surface area contributed by atoms with Gasteiger partial charge in [0.15, 0.2) is 0 Å². The molecular formula is C11H11ClFN3O2. The molecule has 7 heteroatoms. The average molecular weight is 272 g/mol. The van der Waals surface area contributed by atoms with Crippen molar-refractivity contribution in [2.45, 2.75) is 24.8 Å². The van der Waals surface area contributed by atoms with Gasteiger partial charge in [0.05, 0.1) is 23.5 Å². The number of hydrogen-bond acceptors (Lipinski definition) is 4. The van der Waals surface area contributed by atoms with E-state index in [-0.39, 0.29) is 23.9 Å². The quantitative estimate of drug-likeness (QED) is 0.640. The van der Waals surface area contributed by atoms with Crippen LogP contribution in [0.1, 0.15) is 18.5 Å². The Morgan fingerprint density at radius 3 is 2.94 bits per heavy atom. The number of hydrogen-bond donors (Lipinski definition) is 2. The van der Waals surface area contributed by atoms with Crippen LogP contribution in [0.3, 0.4) is 0 Å². The van der Waals surface area contributed by atoms with E-state index < -0.39 is 17.8 Å². The van der Waals surface area contributed by atoms with Crippen molar-refractivity contribution in [3.05, 3.63) is 23.8 Å². The highest BCUT2D eigenvalue weighted by atomic mass is 35.5. The van der Waals surface area contributed by atoms with Crippen molar-refractivity contribution in [3.8, 4) is 0 Å². The smallest absolute Gasteiger partial charge is 0.249 e. The summed E-state index contributed by atoms with van der Waals surface area (Å²) in [5, 5.41) is 4.91. The van der Waals surface area contributed by atoms with E-state index in [4.69, 9.17) is 11.6 Å². The van der Waals surface area contributed by atoms with Gasteiger partial charge in [-0.25, -0.2) is 4.39 Å². The number of aromatic nitrogens is 1. The van der Waals surface area contributed by atoms with Crippen molar-refractivity contribution < 1.29 is 14.0 Å². The molecule has 2 amide bonds. The Hall–Kier alpha value is -1.69. The van der Waals surface area contributed by atoms with Crippen LogP contribution in [0.25, 0.3) is 0 Å². The predicted molar refractivity (Wildman–Crippen MR) is 63.5 cm³/mol. The molecule has 1 aliphatic heterocycles. The molecule has 0 aromatic carbocycles. The lowest BCUT2D eigenvalue weighted by Gasteiger charge is -2.22. The second-order valence-corrected chi connectivity index (χ2v) is 4.20. The summed E-state index contributed by atoms with van der Waals surface area (Å²) < 4.78 is 13.6. The van der Waals surface area contributed by atoms with Crippen LogP contribution in [-0.2, 0) is 15.5 Å². The Bertz CT molecular complexity index is 495. The molecule has 0 radical (unpaired) electrons. The second-order valence-electron chi connectivity index (χ2n) is 3.94. The van der Waals surface area contributed by atoms with Crippen LogP contribution < -0.4 is 10.6 Å². The van der Waals surface area contributed by atoms with Gasteiger partial charge in [-0.05, 0) is 12.5 Å². The highest BCUT2D eigenvalue weighted by molar-refractivity contribution is 6.16. The topological polar surface area (TPSA) is 71.1 Å². The molecule has 1 atom stereocenters. The Morgan fingerprint density at radius 2 is 2.33 bits per heavy atom. The van der Waals surface area contributed by atoms with Gasteiger partial charge in [-0.3, -0.25) is 19.9 Å². The van der Waals surface area contributed by atoms with Crippen molar-refractivity contribution in [2.24, 2.45) is 0 Å². The molecule has 2 N–H and O–H groups in total. The first-order chi connectivity index (χ1) is 8.60. The minimum Gasteiger partial charge on any atom is -0.370 e. The van der Waals surface area contributed by atoms with Crippen LogP contribution in [-0.4, -0.2) is 22.8 Å². The normalized spacial score (nSPS) is 19.6. The second kappa shape index (κ2) is 5.30. The lowest BCUT2D eigenvalue weighted by molar-refractivity contribution is -0.133. The number of carbonyl (C=O) groups excluding carboxylic acids is 2. The molecular weight excluding hydrogens is 261 g/mol. The Kier molecular flexibility index (Phi) is 3.76. The summed E-state index contributed by atoms with van der Waals surface area (Å²) in [6, 6.07) is 0.585. The molecule has 1 fully saturated rings. The lowest BCUT2D eigenvalue weighted by atomic mass is 10.1. The minimum absolute atomic E-state index is 0.121. The SMILES string of the molecule is O=C1CCC(Nc2cnc(CCl)cc2F)C(=O)N1. The van der Waals surface area contributed by atoms with Gasteiger partial charge in [-0.1, -0.05) is 0 Å². The summed E-state index contributed by atoms with van der Waals surface area (Å²) in [6.45, 7) is 0. The van der Waals surface area contributed by atoms with Gasteiger partial charge in [0.25, 0.3) is 0 Å². The van der Waals surface area contributed by atoms with E-state index >= 15 is 0 Å². The number of carbonyl (C=O) groups is 2. The third-order valence-electron chi connectivity index (χ3n) is 2.62. The molecule has 1 saturated heterocycles. The fraction of sp³-hybridized carbons (Fsp3) is 0.364. The number of alkyl halides is 1. The minimum atomic E-state index is -0.624. The van der Waals surface area contributed by atoms with Crippen LogP contribution in [0.15, 0.2) is 12.3 Å². The fourth-order valence-electron chi connectivity index (χ4n) is 1.67. The van der Waals surface area contributed by atoms with Gasteiger partial charge >= 0.3 is 0 Å². The zero-order chi connectivity index (χ0) is 13.1. The van der Waals surface area contributed by atoms with Crippen LogP contribution in [0.5, 0.6) is 0 Å². The molecule has 96 valence electrons. The number of nitrogens with one attached hydrogen (secondary N) is 2. The maximum atomic E-state index is 13.6. The molecule has 1 aromatic rings. The Balaban J connectivity index is 2.09. The lowest BCUT2D eigenvalue weighted by Crippen LogP contribution is -2.47. The number of amides is 2. The largest absolute Gasteiger partial charge is 0.370 e. The Morgan fingerprint density at radius 1 is 1.56 bits per heavy atom. The van der Waals surface area contributed by atoms with Gasteiger partial charge in [0.2, 0.25) is 11.8 Å². The number of nitrogens with zero attached hydrogens (tertiary/aromatic N) is 1. The van der Waals surface area contributed by atoms with E-state index in [1.165, 1.54) is 12.3 Å². The molecule has 1 unspecified atom stereocenters. The number of halogens is 2. The van der Waals surface area contributed by atoms with Crippen LogP contribution in [0.2, 0.25) is 0 Å². The summed E-state index contributed by atoms with van der Waals surface area (Å²) in [5.41, 5.74) is 0.543. The summed E-state index contributed by atoms with van der Waals surface area (Å²) in [6.07, 6.45) is 1.86. The highest BCUT2D eigenvalue weighted by Crippen LogP contribution is 2.18. The molecule has 18 heavy (non-hydrogen) atoms. The van der Waals surface area contributed by atoms with Gasteiger partial charge in [-0.2, -0.15) is 0 Å². The molecule has 0 saturated carbocycles. The molecule has 0 bridgehead atoms. The first-order valence-corrected chi connectivity index (χ1v) is 5.94. The third kappa shape index (κ3) is 2.76. The monoisotopic (exact) mass is 271 g/mol. The molecule has 0 spiro atoms. The molecule has 0 aliphatic carbocycles. The van der Waals surface area contributed by atoms with E-state index in [9.17, 15) is 14.0 Å². The van der Waals surface area contributed by atoms with E-state index in [1.54, 1.807) is 0 Å². The standard InChI is InChI=1S/C11H11ClFN3O2/c12-4-6-3-7(13)9(5-14-6)15-8-1-2-10(17)16-11(8)18/h3,5,8,15H,1-2,4H2,(H,16,17,18). The summed E-state index contributed by atoms with van der Waals surface area (Å²) in [4.78, 5) is 26.4. The number of rotatable bonds is 3. The maximum Gasteiger partial charge on any atom is 0.249 e. The van der Waals surface area contributed by atoms with Gasteiger partial charge < -0.3 is 5.32 Å². The van der Waals surface area contributed by atoms with Gasteiger partial charge in [-0.15, -0.1) is 11.6 Å². The molecule has 2 rings (SSSR count). The highest BCUT2D eigenvalue weighted by Gasteiger charge is 2.27. The van der Waals surface area contributed by atoms with Crippen LogP contribution >= 0.6 is 11.6 Å². The van der Waals surface area contributed by atoms with E-state index in [1.807, 2.05) is 0 Å². The van der Waals surface area contributed by atoms with Gasteiger partial charge in [0.1, 0.15) is 11.9 Å². The fourth-order valence-corrected chi connectivity index (χ4v) is 1.81. The predicted octanol–water partition coefficient (Wildman–Crippen LogP) is 1.18. The van der Waals surface area contributed by atoms with Crippen LogP contribution in [0, 0.1) is 5.82 Å². The van der Waals surface area contributed by atoms with Crippen LogP contribution in [0.4, 0.5) is 10.1 Å². The molecule has 1 aliphatic rings. The zero-order valence-corrected chi connectivity index (χ0v) is 10.1.